The van der Waals surface area contributed by atoms with Gasteiger partial charge in [0, 0.05) is 12.4 Å². The van der Waals surface area contributed by atoms with Crippen LogP contribution in [-0.2, 0) is 0 Å². The summed E-state index contributed by atoms with van der Waals surface area (Å²) in [6.45, 7) is 1.87. The van der Waals surface area contributed by atoms with E-state index in [1.807, 2.05) is 6.92 Å². The van der Waals surface area contributed by atoms with Crippen LogP contribution in [-0.4, -0.2) is 16.1 Å². The van der Waals surface area contributed by atoms with Crippen LogP contribution in [0.3, 0.4) is 0 Å². The zero-order valence-corrected chi connectivity index (χ0v) is 9.14. The lowest BCUT2D eigenvalue weighted by molar-refractivity contribution is 0.0692. The molecule has 0 bridgehead atoms. The molecular formula is C13H10FNO2. The van der Waals surface area contributed by atoms with Gasteiger partial charge in [-0.25, -0.2) is 9.18 Å². The van der Waals surface area contributed by atoms with E-state index in [1.54, 1.807) is 24.5 Å². The van der Waals surface area contributed by atoms with Gasteiger partial charge in [0.15, 0.2) is 0 Å². The minimum Gasteiger partial charge on any atom is -0.478 e. The SMILES string of the molecule is Cc1cnccc1-c1ccc(F)c(C(=O)O)c1. The fraction of sp³-hybridized carbons (Fsp3) is 0.0769. The number of hydrogen-bond donors (Lipinski definition) is 1. The second kappa shape index (κ2) is 4.33. The average molecular weight is 231 g/mol. The molecule has 0 saturated carbocycles. The van der Waals surface area contributed by atoms with E-state index in [-0.39, 0.29) is 5.56 Å². The van der Waals surface area contributed by atoms with Gasteiger partial charge >= 0.3 is 5.97 Å². The first kappa shape index (κ1) is 11.3. The van der Waals surface area contributed by atoms with Crippen LogP contribution in [0.5, 0.6) is 0 Å². The second-order valence-electron chi connectivity index (χ2n) is 3.69. The predicted molar refractivity (Wildman–Crippen MR) is 61.3 cm³/mol. The molecule has 0 saturated heterocycles. The van der Waals surface area contributed by atoms with E-state index in [0.717, 1.165) is 11.1 Å². The van der Waals surface area contributed by atoms with Gasteiger partial charge in [-0.05, 0) is 41.8 Å². The van der Waals surface area contributed by atoms with E-state index >= 15 is 0 Å². The molecule has 0 unspecified atom stereocenters. The third-order valence-corrected chi connectivity index (χ3v) is 2.53. The molecule has 4 heteroatoms. The number of benzene rings is 1. The van der Waals surface area contributed by atoms with Crippen molar-refractivity contribution in [2.45, 2.75) is 6.92 Å². The van der Waals surface area contributed by atoms with Crippen LogP contribution >= 0.6 is 0 Å². The number of rotatable bonds is 2. The zero-order chi connectivity index (χ0) is 12.4. The Kier molecular flexibility index (Phi) is 2.87. The molecule has 0 spiro atoms. The Labute approximate surface area is 97.6 Å². The summed E-state index contributed by atoms with van der Waals surface area (Å²) in [4.78, 5) is 14.8. The minimum atomic E-state index is -1.27. The van der Waals surface area contributed by atoms with Gasteiger partial charge in [0.2, 0.25) is 0 Å². The first-order valence-electron chi connectivity index (χ1n) is 5.03. The number of aryl methyl sites for hydroxylation is 1. The highest BCUT2D eigenvalue weighted by molar-refractivity contribution is 5.89. The van der Waals surface area contributed by atoms with Crippen molar-refractivity contribution in [1.29, 1.82) is 0 Å². The number of aromatic nitrogens is 1. The first-order chi connectivity index (χ1) is 8.09. The second-order valence-corrected chi connectivity index (χ2v) is 3.69. The quantitative estimate of drug-likeness (QED) is 0.864. The molecular weight excluding hydrogens is 221 g/mol. The monoisotopic (exact) mass is 231 g/mol. The van der Waals surface area contributed by atoms with Crippen molar-refractivity contribution >= 4 is 5.97 Å². The van der Waals surface area contributed by atoms with Gasteiger partial charge in [-0.2, -0.15) is 0 Å². The van der Waals surface area contributed by atoms with Gasteiger partial charge in [-0.3, -0.25) is 4.98 Å². The molecule has 1 N–H and O–H groups in total. The molecule has 17 heavy (non-hydrogen) atoms. The fourth-order valence-electron chi connectivity index (χ4n) is 1.65. The van der Waals surface area contributed by atoms with Crippen molar-refractivity contribution < 1.29 is 14.3 Å². The number of halogens is 1. The molecule has 2 rings (SSSR count). The zero-order valence-electron chi connectivity index (χ0n) is 9.14. The number of hydrogen-bond acceptors (Lipinski definition) is 2. The van der Waals surface area contributed by atoms with Crippen LogP contribution in [0.15, 0.2) is 36.7 Å². The lowest BCUT2D eigenvalue weighted by Crippen LogP contribution is -2.00. The Morgan fingerprint density at radius 3 is 2.76 bits per heavy atom. The van der Waals surface area contributed by atoms with Crippen molar-refractivity contribution in [3.05, 3.63) is 53.6 Å². The van der Waals surface area contributed by atoms with Crippen LogP contribution in [0.1, 0.15) is 15.9 Å². The van der Waals surface area contributed by atoms with E-state index in [4.69, 9.17) is 5.11 Å². The number of carboxylic acid groups (broad SMARTS) is 1. The highest BCUT2D eigenvalue weighted by Gasteiger charge is 2.12. The molecule has 0 aliphatic rings. The molecule has 0 fully saturated rings. The minimum absolute atomic E-state index is 0.321. The molecule has 2 aromatic rings. The molecule has 3 nitrogen and oxygen atoms in total. The number of nitrogens with zero attached hydrogens (tertiary/aromatic N) is 1. The summed E-state index contributed by atoms with van der Waals surface area (Å²) in [6.07, 6.45) is 3.30. The van der Waals surface area contributed by atoms with Crippen LogP contribution in [0.2, 0.25) is 0 Å². The van der Waals surface area contributed by atoms with Crippen molar-refractivity contribution in [2.24, 2.45) is 0 Å². The summed E-state index contributed by atoms with van der Waals surface area (Å²) in [5, 5.41) is 8.85. The Hall–Kier alpha value is -2.23. The third kappa shape index (κ3) is 2.15. The van der Waals surface area contributed by atoms with Crippen molar-refractivity contribution in [3.63, 3.8) is 0 Å². The number of carbonyl (C=O) groups is 1. The Balaban J connectivity index is 2.58. The molecule has 0 atom stereocenters. The van der Waals surface area contributed by atoms with Crippen LogP contribution in [0, 0.1) is 12.7 Å². The van der Waals surface area contributed by atoms with E-state index in [9.17, 15) is 9.18 Å². The average Bonchev–Trinajstić information content (AvgIpc) is 2.30. The first-order valence-corrected chi connectivity index (χ1v) is 5.03. The smallest absolute Gasteiger partial charge is 0.338 e. The van der Waals surface area contributed by atoms with E-state index in [0.29, 0.717) is 5.56 Å². The van der Waals surface area contributed by atoms with Gasteiger partial charge in [0.05, 0.1) is 5.56 Å². The van der Waals surface area contributed by atoms with Gasteiger partial charge in [0.25, 0.3) is 0 Å². The Morgan fingerprint density at radius 1 is 1.35 bits per heavy atom. The topological polar surface area (TPSA) is 50.2 Å². The maximum Gasteiger partial charge on any atom is 0.338 e. The van der Waals surface area contributed by atoms with Crippen molar-refractivity contribution in [1.82, 2.24) is 4.98 Å². The van der Waals surface area contributed by atoms with Crippen LogP contribution in [0.4, 0.5) is 4.39 Å². The molecule has 86 valence electrons. The maximum atomic E-state index is 13.2. The van der Waals surface area contributed by atoms with E-state index < -0.39 is 11.8 Å². The molecule has 0 aliphatic heterocycles. The lowest BCUT2D eigenvalue weighted by atomic mass is 10.0. The van der Waals surface area contributed by atoms with Crippen LogP contribution < -0.4 is 0 Å². The summed E-state index contributed by atoms with van der Waals surface area (Å²) in [5.41, 5.74) is 2.11. The predicted octanol–water partition coefficient (Wildman–Crippen LogP) is 2.89. The normalized spacial score (nSPS) is 10.2. The molecule has 0 aliphatic carbocycles. The number of carboxylic acids is 1. The maximum absolute atomic E-state index is 13.2. The molecule has 1 aromatic carbocycles. The number of pyridine rings is 1. The van der Waals surface area contributed by atoms with Crippen LogP contribution in [0.25, 0.3) is 11.1 Å². The number of aromatic carboxylic acids is 1. The standard InChI is InChI=1S/C13H10FNO2/c1-8-7-15-5-4-10(8)9-2-3-12(14)11(6-9)13(16)17/h2-7H,1H3,(H,16,17). The largest absolute Gasteiger partial charge is 0.478 e. The highest BCUT2D eigenvalue weighted by atomic mass is 19.1. The molecule has 1 heterocycles. The summed E-state index contributed by atoms with van der Waals surface area (Å²) >= 11 is 0. The van der Waals surface area contributed by atoms with Gasteiger partial charge in [0.1, 0.15) is 5.82 Å². The third-order valence-electron chi connectivity index (χ3n) is 2.53. The van der Waals surface area contributed by atoms with E-state index in [2.05, 4.69) is 4.98 Å². The lowest BCUT2D eigenvalue weighted by Gasteiger charge is -2.06. The van der Waals surface area contributed by atoms with Gasteiger partial charge in [-0.1, -0.05) is 6.07 Å². The van der Waals surface area contributed by atoms with E-state index in [1.165, 1.54) is 12.1 Å². The fourth-order valence-corrected chi connectivity index (χ4v) is 1.65. The van der Waals surface area contributed by atoms with Crippen molar-refractivity contribution in [3.8, 4) is 11.1 Å². The summed E-state index contributed by atoms with van der Waals surface area (Å²) in [7, 11) is 0. The summed E-state index contributed by atoms with van der Waals surface area (Å²) in [6, 6.07) is 5.83. The Bertz CT molecular complexity index is 581. The van der Waals surface area contributed by atoms with Gasteiger partial charge in [-0.15, -0.1) is 0 Å². The highest BCUT2D eigenvalue weighted by Crippen LogP contribution is 2.24. The molecule has 0 radical (unpaired) electrons. The molecule has 1 aromatic heterocycles. The molecule has 0 amide bonds. The van der Waals surface area contributed by atoms with Gasteiger partial charge < -0.3 is 5.11 Å². The Morgan fingerprint density at radius 2 is 2.12 bits per heavy atom. The summed E-state index contributed by atoms with van der Waals surface area (Å²) < 4.78 is 13.2. The summed E-state index contributed by atoms with van der Waals surface area (Å²) in [5.74, 6) is -2.00. The van der Waals surface area contributed by atoms with Crippen molar-refractivity contribution in [2.75, 3.05) is 0 Å².